The molecule has 0 radical (unpaired) electrons. The maximum Gasteiger partial charge on any atom is 0.435 e. The Balaban J connectivity index is 2.83. The zero-order chi connectivity index (χ0) is 12.2. The Morgan fingerprint density at radius 3 is 2.38 bits per heavy atom. The third kappa shape index (κ3) is 3.31. The van der Waals surface area contributed by atoms with Gasteiger partial charge in [-0.25, -0.2) is 4.57 Å². The molecule has 8 heteroatoms. The van der Waals surface area contributed by atoms with Crippen molar-refractivity contribution in [1.82, 2.24) is 5.16 Å². The molecule has 0 fully saturated rings. The molecule has 1 heterocycles. The standard InChI is InChI=1S/C8H14BrN2O4P/c1-4-13-16(12,14-5-2)11-8-7(9)6(3)10-15-8/h4-5H2,1-3H3,(H,11,12). The summed E-state index contributed by atoms with van der Waals surface area (Å²) in [6.45, 7) is 5.76. The highest BCUT2D eigenvalue weighted by Gasteiger charge is 2.27. The van der Waals surface area contributed by atoms with Crippen LogP contribution in [0.25, 0.3) is 0 Å². The molecule has 1 N–H and O–H groups in total. The van der Waals surface area contributed by atoms with E-state index in [1.165, 1.54) is 0 Å². The van der Waals surface area contributed by atoms with Gasteiger partial charge in [0.2, 0.25) is 5.88 Å². The predicted octanol–water partition coefficient (Wildman–Crippen LogP) is 3.34. The molecule has 1 aromatic heterocycles. The molecule has 92 valence electrons. The zero-order valence-corrected chi connectivity index (χ0v) is 11.8. The second kappa shape index (κ2) is 5.82. The van der Waals surface area contributed by atoms with E-state index in [2.05, 4.69) is 26.2 Å². The number of nitrogens with one attached hydrogen (secondary N) is 1. The largest absolute Gasteiger partial charge is 0.435 e. The van der Waals surface area contributed by atoms with Crippen LogP contribution in [0.4, 0.5) is 5.88 Å². The van der Waals surface area contributed by atoms with Gasteiger partial charge in [0, 0.05) is 0 Å². The van der Waals surface area contributed by atoms with Gasteiger partial charge in [0.15, 0.2) is 0 Å². The summed E-state index contributed by atoms with van der Waals surface area (Å²) >= 11 is 3.25. The summed E-state index contributed by atoms with van der Waals surface area (Å²) in [5.41, 5.74) is 0.655. The molecule has 1 rings (SSSR count). The molecule has 0 saturated heterocycles. The third-order valence-corrected chi connectivity index (χ3v) is 4.23. The lowest BCUT2D eigenvalue weighted by Crippen LogP contribution is -2.04. The zero-order valence-electron chi connectivity index (χ0n) is 9.32. The summed E-state index contributed by atoms with van der Waals surface area (Å²) in [4.78, 5) is 0. The van der Waals surface area contributed by atoms with Gasteiger partial charge in [0.25, 0.3) is 0 Å². The van der Waals surface area contributed by atoms with Crippen LogP contribution in [0.15, 0.2) is 9.00 Å². The first-order valence-electron chi connectivity index (χ1n) is 4.81. The van der Waals surface area contributed by atoms with Gasteiger partial charge in [-0.05, 0) is 36.7 Å². The quantitative estimate of drug-likeness (QED) is 0.812. The van der Waals surface area contributed by atoms with Crippen LogP contribution in [-0.2, 0) is 13.6 Å². The van der Waals surface area contributed by atoms with E-state index >= 15 is 0 Å². The number of nitrogens with zero attached hydrogens (tertiary/aromatic N) is 1. The summed E-state index contributed by atoms with van der Waals surface area (Å²) in [5, 5.41) is 6.29. The van der Waals surface area contributed by atoms with Crippen molar-refractivity contribution >= 4 is 29.6 Å². The Bertz CT molecular complexity index is 385. The van der Waals surface area contributed by atoms with E-state index in [0.29, 0.717) is 10.2 Å². The van der Waals surface area contributed by atoms with Crippen molar-refractivity contribution in [3.8, 4) is 0 Å². The van der Waals surface area contributed by atoms with Crippen LogP contribution in [0.1, 0.15) is 19.5 Å². The number of anilines is 1. The van der Waals surface area contributed by atoms with E-state index in [-0.39, 0.29) is 19.1 Å². The molecule has 0 atom stereocenters. The molecule has 0 aliphatic carbocycles. The Hall–Kier alpha value is -0.360. The molecule has 16 heavy (non-hydrogen) atoms. The highest BCUT2D eigenvalue weighted by Crippen LogP contribution is 2.49. The van der Waals surface area contributed by atoms with Crippen LogP contribution in [0.5, 0.6) is 0 Å². The lowest BCUT2D eigenvalue weighted by atomic mass is 10.5. The highest BCUT2D eigenvalue weighted by molar-refractivity contribution is 9.10. The Morgan fingerprint density at radius 1 is 1.44 bits per heavy atom. The first-order chi connectivity index (χ1) is 7.52. The average molecular weight is 313 g/mol. The van der Waals surface area contributed by atoms with E-state index in [9.17, 15) is 4.57 Å². The Kier molecular flexibility index (Phi) is 4.98. The molecule has 0 unspecified atom stereocenters. The van der Waals surface area contributed by atoms with E-state index in [4.69, 9.17) is 13.6 Å². The summed E-state index contributed by atoms with van der Waals surface area (Å²) in [5.74, 6) is 0.239. The molecule has 0 aliphatic heterocycles. The lowest BCUT2D eigenvalue weighted by Gasteiger charge is -2.16. The first kappa shape index (κ1) is 13.7. The molecular formula is C8H14BrN2O4P. The van der Waals surface area contributed by atoms with Crippen molar-refractivity contribution in [3.63, 3.8) is 0 Å². The minimum Gasteiger partial charge on any atom is -0.337 e. The van der Waals surface area contributed by atoms with E-state index in [1.807, 2.05) is 0 Å². The molecule has 0 spiro atoms. The van der Waals surface area contributed by atoms with Crippen molar-refractivity contribution in [2.75, 3.05) is 18.3 Å². The van der Waals surface area contributed by atoms with Gasteiger partial charge in [0.05, 0.1) is 18.9 Å². The van der Waals surface area contributed by atoms with Gasteiger partial charge in [-0.15, -0.1) is 0 Å². The number of hydrogen-bond acceptors (Lipinski definition) is 5. The number of aromatic nitrogens is 1. The topological polar surface area (TPSA) is 73.6 Å². The molecule has 0 aliphatic rings. The van der Waals surface area contributed by atoms with Crippen LogP contribution in [0, 0.1) is 6.92 Å². The fourth-order valence-corrected chi connectivity index (χ4v) is 2.68. The molecule has 0 bridgehead atoms. The number of halogens is 1. The van der Waals surface area contributed by atoms with Crippen LogP contribution in [0.3, 0.4) is 0 Å². The van der Waals surface area contributed by atoms with Gasteiger partial charge in [0.1, 0.15) is 4.47 Å². The van der Waals surface area contributed by atoms with Gasteiger partial charge in [-0.2, -0.15) is 0 Å². The summed E-state index contributed by atoms with van der Waals surface area (Å²) in [6.07, 6.45) is 0. The van der Waals surface area contributed by atoms with Crippen molar-refractivity contribution in [2.45, 2.75) is 20.8 Å². The molecule has 6 nitrogen and oxygen atoms in total. The van der Waals surface area contributed by atoms with Gasteiger partial charge in [-0.3, -0.25) is 14.1 Å². The second-order valence-electron chi connectivity index (χ2n) is 2.86. The average Bonchev–Trinajstić information content (AvgIpc) is 2.50. The summed E-state index contributed by atoms with van der Waals surface area (Å²) in [7, 11) is -3.37. The fourth-order valence-electron chi connectivity index (χ4n) is 0.994. The van der Waals surface area contributed by atoms with Gasteiger partial charge in [-0.1, -0.05) is 5.16 Å². The maximum absolute atomic E-state index is 12.1. The van der Waals surface area contributed by atoms with Gasteiger partial charge >= 0.3 is 7.75 Å². The molecule has 0 saturated carbocycles. The van der Waals surface area contributed by atoms with Crippen molar-refractivity contribution in [3.05, 3.63) is 10.2 Å². The monoisotopic (exact) mass is 312 g/mol. The Morgan fingerprint density at radius 2 is 2.00 bits per heavy atom. The summed E-state index contributed by atoms with van der Waals surface area (Å²) < 4.78 is 27.7. The highest BCUT2D eigenvalue weighted by atomic mass is 79.9. The molecule has 0 amide bonds. The normalized spacial score (nSPS) is 11.8. The van der Waals surface area contributed by atoms with Crippen LogP contribution in [0.2, 0.25) is 0 Å². The molecule has 0 aromatic carbocycles. The molecule has 1 aromatic rings. The minimum atomic E-state index is -3.37. The van der Waals surface area contributed by atoms with Crippen molar-refractivity contribution in [1.29, 1.82) is 0 Å². The minimum absolute atomic E-state index is 0.239. The van der Waals surface area contributed by atoms with Crippen LogP contribution in [-0.4, -0.2) is 18.4 Å². The number of hydrogen-bond donors (Lipinski definition) is 1. The van der Waals surface area contributed by atoms with Crippen molar-refractivity contribution in [2.24, 2.45) is 0 Å². The molecular weight excluding hydrogens is 299 g/mol. The smallest absolute Gasteiger partial charge is 0.337 e. The first-order valence-corrected chi connectivity index (χ1v) is 7.15. The number of rotatable bonds is 6. The third-order valence-electron chi connectivity index (χ3n) is 1.63. The van der Waals surface area contributed by atoms with E-state index < -0.39 is 7.75 Å². The Labute approximate surface area is 102 Å². The van der Waals surface area contributed by atoms with Crippen molar-refractivity contribution < 1.29 is 18.1 Å². The van der Waals surface area contributed by atoms with Gasteiger partial charge < -0.3 is 4.52 Å². The fraction of sp³-hybridized carbons (Fsp3) is 0.625. The SMILES string of the molecule is CCOP(=O)(Nc1onc(C)c1Br)OCC. The van der Waals surface area contributed by atoms with E-state index in [0.717, 1.165) is 0 Å². The number of aryl methyl sites for hydroxylation is 1. The van der Waals surface area contributed by atoms with Crippen LogP contribution >= 0.6 is 23.7 Å². The van der Waals surface area contributed by atoms with E-state index in [1.54, 1.807) is 20.8 Å². The predicted molar refractivity (Wildman–Crippen MR) is 63.4 cm³/mol. The summed E-state index contributed by atoms with van der Waals surface area (Å²) in [6, 6.07) is 0. The second-order valence-corrected chi connectivity index (χ2v) is 5.38. The van der Waals surface area contributed by atoms with Crippen LogP contribution < -0.4 is 5.09 Å². The maximum atomic E-state index is 12.1. The lowest BCUT2D eigenvalue weighted by molar-refractivity contribution is 0.224.